The highest BCUT2D eigenvalue weighted by Crippen LogP contribution is 2.30. The van der Waals surface area contributed by atoms with E-state index in [1.165, 1.54) is 18.2 Å². The van der Waals surface area contributed by atoms with Gasteiger partial charge < -0.3 is 9.84 Å². The summed E-state index contributed by atoms with van der Waals surface area (Å²) in [5.41, 5.74) is 3.43. The van der Waals surface area contributed by atoms with Gasteiger partial charge in [0, 0.05) is 18.2 Å². The molecule has 2 aromatic rings. The summed E-state index contributed by atoms with van der Waals surface area (Å²) in [5.74, 6) is 0.347. The minimum Gasteiger partial charge on any atom is -0.481 e. The first-order chi connectivity index (χ1) is 10.9. The van der Waals surface area contributed by atoms with E-state index in [1.807, 2.05) is 19.9 Å². The summed E-state index contributed by atoms with van der Waals surface area (Å²) in [5, 5.41) is 9.88. The van der Waals surface area contributed by atoms with Crippen molar-refractivity contribution in [2.75, 3.05) is 7.11 Å². The second kappa shape index (κ2) is 5.81. The van der Waals surface area contributed by atoms with Crippen LogP contribution in [0.4, 0.5) is 0 Å². The van der Waals surface area contributed by atoms with E-state index in [1.54, 1.807) is 4.57 Å². The number of hydrogen-bond acceptors (Lipinski definition) is 4. The Balaban J connectivity index is 1.97. The van der Waals surface area contributed by atoms with Gasteiger partial charge in [-0.05, 0) is 44.2 Å². The topological polar surface area (TPSA) is 64.4 Å². The van der Waals surface area contributed by atoms with Crippen LogP contribution in [0, 0.1) is 0 Å². The molecule has 0 atom stereocenters. The average molecular weight is 314 g/mol. The van der Waals surface area contributed by atoms with Gasteiger partial charge in [-0.15, -0.1) is 0 Å². The van der Waals surface area contributed by atoms with Crippen LogP contribution >= 0.6 is 0 Å². The molecule has 122 valence electrons. The van der Waals surface area contributed by atoms with Crippen LogP contribution in [0.1, 0.15) is 31.4 Å². The Hall–Kier alpha value is -2.14. The lowest BCUT2D eigenvalue weighted by Gasteiger charge is -2.23. The Morgan fingerprint density at radius 1 is 1.35 bits per heavy atom. The Morgan fingerprint density at radius 3 is 2.83 bits per heavy atom. The van der Waals surface area contributed by atoms with Gasteiger partial charge in [0.1, 0.15) is 0 Å². The predicted octanol–water partition coefficient (Wildman–Crippen LogP) is 2.18. The van der Waals surface area contributed by atoms with Crippen LogP contribution in [0.5, 0.6) is 5.88 Å². The zero-order chi connectivity index (χ0) is 16.6. The van der Waals surface area contributed by atoms with Gasteiger partial charge in [0.25, 0.3) is 0 Å². The summed E-state index contributed by atoms with van der Waals surface area (Å²) < 4.78 is 6.82. The predicted molar refractivity (Wildman–Crippen MR) is 88.8 cm³/mol. The van der Waals surface area contributed by atoms with Gasteiger partial charge in [0.05, 0.1) is 18.4 Å². The molecule has 0 aliphatic carbocycles. The number of nitrogens with zero attached hydrogens (tertiary/aromatic N) is 2. The maximum absolute atomic E-state index is 12.1. The number of aliphatic hydroxyl groups is 1. The molecule has 5 heteroatoms. The number of rotatable bonds is 4. The average Bonchev–Trinajstić information content (AvgIpc) is 2.51. The third-order valence-corrected chi connectivity index (χ3v) is 4.27. The SMILES string of the molecule is COc1cc2n(c(=O)n1)CCc1cc(CCC(C)(C)O)ccc1-2. The largest absolute Gasteiger partial charge is 0.481 e. The van der Waals surface area contributed by atoms with Crippen LogP contribution in [-0.4, -0.2) is 27.4 Å². The van der Waals surface area contributed by atoms with E-state index in [-0.39, 0.29) is 5.69 Å². The number of hydrogen-bond donors (Lipinski definition) is 1. The fourth-order valence-corrected chi connectivity index (χ4v) is 2.97. The molecule has 0 fully saturated rings. The van der Waals surface area contributed by atoms with Crippen LogP contribution in [0.2, 0.25) is 0 Å². The van der Waals surface area contributed by atoms with Crippen molar-refractivity contribution in [1.29, 1.82) is 0 Å². The van der Waals surface area contributed by atoms with Gasteiger partial charge >= 0.3 is 5.69 Å². The fourth-order valence-electron chi connectivity index (χ4n) is 2.97. The summed E-state index contributed by atoms with van der Waals surface area (Å²) in [4.78, 5) is 16.0. The highest BCUT2D eigenvalue weighted by atomic mass is 16.5. The molecule has 5 nitrogen and oxygen atoms in total. The van der Waals surface area contributed by atoms with Gasteiger partial charge in [0.15, 0.2) is 0 Å². The molecule has 1 N–H and O–H groups in total. The van der Waals surface area contributed by atoms with Crippen LogP contribution < -0.4 is 10.4 Å². The second-order valence-electron chi connectivity index (χ2n) is 6.67. The third-order valence-electron chi connectivity index (χ3n) is 4.27. The highest BCUT2D eigenvalue weighted by Gasteiger charge is 2.20. The molecule has 0 spiro atoms. The maximum atomic E-state index is 12.1. The monoisotopic (exact) mass is 314 g/mol. The normalized spacial score (nSPS) is 13.4. The Morgan fingerprint density at radius 2 is 2.13 bits per heavy atom. The molecule has 2 heterocycles. The highest BCUT2D eigenvalue weighted by molar-refractivity contribution is 5.67. The van der Waals surface area contributed by atoms with Crippen molar-refractivity contribution in [3.8, 4) is 17.1 Å². The van der Waals surface area contributed by atoms with Crippen LogP contribution in [0.25, 0.3) is 11.3 Å². The first-order valence-corrected chi connectivity index (χ1v) is 7.88. The number of fused-ring (bicyclic) bond motifs is 3. The van der Waals surface area contributed by atoms with E-state index in [0.717, 1.165) is 30.5 Å². The summed E-state index contributed by atoms with van der Waals surface area (Å²) in [6.07, 6.45) is 2.37. The molecule has 0 amide bonds. The lowest BCUT2D eigenvalue weighted by Crippen LogP contribution is -2.28. The fraction of sp³-hybridized carbons (Fsp3) is 0.444. The second-order valence-corrected chi connectivity index (χ2v) is 6.67. The lowest BCUT2D eigenvalue weighted by molar-refractivity contribution is 0.0714. The van der Waals surface area contributed by atoms with Crippen molar-refractivity contribution in [2.24, 2.45) is 0 Å². The van der Waals surface area contributed by atoms with Crippen molar-refractivity contribution in [3.63, 3.8) is 0 Å². The zero-order valence-electron chi connectivity index (χ0n) is 13.8. The molecular weight excluding hydrogens is 292 g/mol. The van der Waals surface area contributed by atoms with Crippen molar-refractivity contribution in [1.82, 2.24) is 9.55 Å². The molecule has 1 aliphatic rings. The van der Waals surface area contributed by atoms with E-state index < -0.39 is 5.60 Å². The molecule has 1 aliphatic heterocycles. The van der Waals surface area contributed by atoms with E-state index >= 15 is 0 Å². The van der Waals surface area contributed by atoms with Crippen LogP contribution in [-0.2, 0) is 19.4 Å². The summed E-state index contributed by atoms with van der Waals surface area (Å²) >= 11 is 0. The van der Waals surface area contributed by atoms with E-state index in [0.29, 0.717) is 12.4 Å². The molecule has 0 radical (unpaired) electrons. The minimum absolute atomic E-state index is 0.267. The first kappa shape index (κ1) is 15.7. The number of aromatic nitrogens is 2. The number of ether oxygens (including phenoxy) is 1. The van der Waals surface area contributed by atoms with Gasteiger partial charge in [-0.3, -0.25) is 4.57 Å². The molecule has 0 bridgehead atoms. The Labute approximate surface area is 135 Å². The van der Waals surface area contributed by atoms with Crippen molar-refractivity contribution in [2.45, 2.75) is 45.3 Å². The first-order valence-electron chi connectivity index (χ1n) is 7.88. The molecule has 23 heavy (non-hydrogen) atoms. The summed E-state index contributed by atoms with van der Waals surface area (Å²) in [6.45, 7) is 4.29. The van der Waals surface area contributed by atoms with Crippen LogP contribution in [0.15, 0.2) is 29.1 Å². The van der Waals surface area contributed by atoms with Crippen LogP contribution in [0.3, 0.4) is 0 Å². The van der Waals surface area contributed by atoms with Gasteiger partial charge in [-0.1, -0.05) is 18.2 Å². The van der Waals surface area contributed by atoms with Crippen molar-refractivity contribution in [3.05, 3.63) is 45.9 Å². The Bertz CT molecular complexity index is 788. The van der Waals surface area contributed by atoms with Gasteiger partial charge in [-0.25, -0.2) is 4.79 Å². The van der Waals surface area contributed by atoms with Gasteiger partial charge in [-0.2, -0.15) is 4.98 Å². The minimum atomic E-state index is -0.658. The number of aryl methyl sites for hydroxylation is 2. The standard InChI is InChI=1S/C18H22N2O3/c1-18(2,22)8-6-12-4-5-14-13(10-12)7-9-20-15(14)11-16(23-3)19-17(20)21/h4-5,10-11,22H,6-9H2,1-3H3. The van der Waals surface area contributed by atoms with Gasteiger partial charge in [0.2, 0.25) is 5.88 Å². The lowest BCUT2D eigenvalue weighted by atomic mass is 9.92. The van der Waals surface area contributed by atoms with E-state index in [9.17, 15) is 9.90 Å². The summed E-state index contributed by atoms with van der Waals surface area (Å²) in [7, 11) is 1.52. The third kappa shape index (κ3) is 3.29. The summed E-state index contributed by atoms with van der Waals surface area (Å²) in [6, 6.07) is 8.12. The quantitative estimate of drug-likeness (QED) is 0.939. The van der Waals surface area contributed by atoms with Crippen molar-refractivity contribution >= 4 is 0 Å². The molecule has 1 aromatic heterocycles. The number of methoxy groups -OCH3 is 1. The van der Waals surface area contributed by atoms with E-state index in [2.05, 4.69) is 23.2 Å². The molecule has 0 saturated heterocycles. The van der Waals surface area contributed by atoms with Crippen molar-refractivity contribution < 1.29 is 9.84 Å². The molecule has 0 saturated carbocycles. The zero-order valence-corrected chi connectivity index (χ0v) is 13.8. The smallest absolute Gasteiger partial charge is 0.351 e. The molecular formula is C18H22N2O3. The maximum Gasteiger partial charge on any atom is 0.351 e. The molecule has 3 rings (SSSR count). The van der Waals surface area contributed by atoms with E-state index in [4.69, 9.17) is 4.74 Å². The Kier molecular flexibility index (Phi) is 3.98. The molecule has 0 unspecified atom stereocenters. The molecule has 1 aromatic carbocycles. The number of benzene rings is 1.